The fourth-order valence-corrected chi connectivity index (χ4v) is 2.47. The number of carbonyl (C=O) groups is 1. The van der Waals surface area contributed by atoms with E-state index in [1.807, 2.05) is 18.2 Å². The van der Waals surface area contributed by atoms with Gasteiger partial charge < -0.3 is 15.8 Å². The van der Waals surface area contributed by atoms with Crippen molar-refractivity contribution < 1.29 is 9.53 Å². The maximum atomic E-state index is 12.0. The molecule has 0 fully saturated rings. The summed E-state index contributed by atoms with van der Waals surface area (Å²) in [7, 11) is 0. The largest absolute Gasteiger partial charge is 0.377 e. The number of carbonyl (C=O) groups excluding carboxylic acids is 1. The minimum absolute atomic E-state index is 0. The second kappa shape index (κ2) is 10.8. The molecule has 1 atom stereocenters. The van der Waals surface area contributed by atoms with Crippen molar-refractivity contribution in [2.45, 2.75) is 18.9 Å². The number of amides is 1. The highest BCUT2D eigenvalue weighted by Crippen LogP contribution is 2.20. The molecule has 24 heavy (non-hydrogen) atoms. The maximum absolute atomic E-state index is 12.0. The minimum atomic E-state index is -0.166. The quantitative estimate of drug-likeness (QED) is 0.539. The van der Waals surface area contributed by atoms with Crippen LogP contribution < -0.4 is 11.1 Å². The van der Waals surface area contributed by atoms with Gasteiger partial charge in [-0.3, -0.25) is 4.79 Å². The number of fused-ring (bicyclic) bond motifs is 1. The van der Waals surface area contributed by atoms with E-state index >= 15 is 0 Å². The molecule has 0 saturated carbocycles. The van der Waals surface area contributed by atoms with Gasteiger partial charge in [-0.25, -0.2) is 0 Å². The molecule has 130 valence electrons. The van der Waals surface area contributed by atoms with Gasteiger partial charge in [0.15, 0.2) is 0 Å². The van der Waals surface area contributed by atoms with E-state index in [1.54, 1.807) is 6.08 Å². The first-order chi connectivity index (χ1) is 11.2. The smallest absolute Gasteiger partial charge is 0.220 e. The van der Waals surface area contributed by atoms with Gasteiger partial charge in [0.25, 0.3) is 0 Å². The molecule has 5 heteroatoms. The van der Waals surface area contributed by atoms with E-state index in [0.29, 0.717) is 32.6 Å². The number of hydrogen-bond donors (Lipinski definition) is 2. The first-order valence-electron chi connectivity index (χ1n) is 7.91. The molecule has 0 aliphatic carbocycles. The van der Waals surface area contributed by atoms with Crippen molar-refractivity contribution in [2.75, 3.05) is 19.8 Å². The monoisotopic (exact) mass is 348 g/mol. The first kappa shape index (κ1) is 20.2. The van der Waals surface area contributed by atoms with E-state index in [2.05, 4.69) is 36.2 Å². The zero-order chi connectivity index (χ0) is 16.5. The Kier molecular flexibility index (Phi) is 9.08. The molecule has 0 bridgehead atoms. The molecule has 0 aliphatic heterocycles. The molecule has 2 rings (SSSR count). The maximum Gasteiger partial charge on any atom is 0.220 e. The van der Waals surface area contributed by atoms with Gasteiger partial charge in [0.05, 0.1) is 12.6 Å². The van der Waals surface area contributed by atoms with Crippen molar-refractivity contribution in [2.24, 2.45) is 5.73 Å². The van der Waals surface area contributed by atoms with Crippen LogP contribution in [0.2, 0.25) is 0 Å². The molecule has 2 aromatic rings. The summed E-state index contributed by atoms with van der Waals surface area (Å²) in [5.74, 6) is -0.00388. The van der Waals surface area contributed by atoms with Crippen LogP contribution in [0.1, 0.15) is 24.4 Å². The minimum Gasteiger partial charge on any atom is -0.377 e. The molecule has 0 radical (unpaired) electrons. The third-order valence-corrected chi connectivity index (χ3v) is 3.68. The van der Waals surface area contributed by atoms with Crippen LogP contribution >= 0.6 is 12.4 Å². The lowest BCUT2D eigenvalue weighted by atomic mass is 10.0. The van der Waals surface area contributed by atoms with Crippen LogP contribution in [0, 0.1) is 0 Å². The van der Waals surface area contributed by atoms with Crippen LogP contribution in [-0.2, 0) is 9.53 Å². The summed E-state index contributed by atoms with van der Waals surface area (Å²) in [5.41, 5.74) is 6.87. The average molecular weight is 349 g/mol. The van der Waals surface area contributed by atoms with Gasteiger partial charge in [0.2, 0.25) is 5.91 Å². The molecular formula is C19H25ClN2O2. The molecule has 0 saturated heterocycles. The Bertz CT molecular complexity index is 661. The van der Waals surface area contributed by atoms with Crippen LogP contribution in [0.15, 0.2) is 55.1 Å². The highest BCUT2D eigenvalue weighted by Gasteiger charge is 2.13. The lowest BCUT2D eigenvalue weighted by molar-refractivity contribution is -0.122. The number of halogens is 1. The Balaban J connectivity index is 0.00000288. The standard InChI is InChI=1S/C19H24N2O2.ClH/c1-2-11-23-12-5-8-19(22)21-18(14-20)17-10-9-15-6-3-4-7-16(15)13-17;/h2-4,6-7,9-10,13,18H,1,5,8,11-12,14,20H2,(H,21,22);1H. The Morgan fingerprint density at radius 3 is 2.71 bits per heavy atom. The normalized spacial score (nSPS) is 11.5. The number of nitrogens with two attached hydrogens (primary N) is 1. The molecule has 0 aliphatic rings. The van der Waals surface area contributed by atoms with E-state index in [4.69, 9.17) is 10.5 Å². The highest BCUT2D eigenvalue weighted by molar-refractivity contribution is 5.85. The predicted molar refractivity (Wildman–Crippen MR) is 101 cm³/mol. The summed E-state index contributed by atoms with van der Waals surface area (Å²) in [6.07, 6.45) is 2.82. The van der Waals surface area contributed by atoms with Crippen LogP contribution in [0.4, 0.5) is 0 Å². The zero-order valence-corrected chi connectivity index (χ0v) is 14.6. The van der Waals surface area contributed by atoms with Gasteiger partial charge in [-0.05, 0) is 28.8 Å². The number of hydrogen-bond acceptors (Lipinski definition) is 3. The molecule has 3 N–H and O–H groups in total. The molecule has 0 aromatic heterocycles. The van der Waals surface area contributed by atoms with Crippen molar-refractivity contribution in [1.82, 2.24) is 5.32 Å². The molecule has 4 nitrogen and oxygen atoms in total. The topological polar surface area (TPSA) is 64.3 Å². The molecular weight excluding hydrogens is 324 g/mol. The first-order valence-corrected chi connectivity index (χ1v) is 7.91. The Morgan fingerprint density at radius 2 is 2.00 bits per heavy atom. The Morgan fingerprint density at radius 1 is 1.25 bits per heavy atom. The molecule has 1 unspecified atom stereocenters. The third kappa shape index (κ3) is 5.96. The van der Waals surface area contributed by atoms with Gasteiger partial charge in [-0.2, -0.15) is 0 Å². The average Bonchev–Trinajstić information content (AvgIpc) is 2.59. The fourth-order valence-electron chi connectivity index (χ4n) is 2.47. The van der Waals surface area contributed by atoms with Crippen molar-refractivity contribution in [1.29, 1.82) is 0 Å². The van der Waals surface area contributed by atoms with Gasteiger partial charge in [-0.15, -0.1) is 19.0 Å². The second-order valence-corrected chi connectivity index (χ2v) is 5.43. The molecule has 2 aromatic carbocycles. The van der Waals surface area contributed by atoms with Crippen molar-refractivity contribution in [3.63, 3.8) is 0 Å². The van der Waals surface area contributed by atoms with Crippen molar-refractivity contribution in [3.05, 3.63) is 60.7 Å². The summed E-state index contributed by atoms with van der Waals surface area (Å²) in [4.78, 5) is 12.0. The summed E-state index contributed by atoms with van der Waals surface area (Å²) in [6.45, 7) is 5.03. The zero-order valence-electron chi connectivity index (χ0n) is 13.7. The van der Waals surface area contributed by atoms with Gasteiger partial charge in [-0.1, -0.05) is 42.5 Å². The van der Waals surface area contributed by atoms with Crippen LogP contribution in [0.5, 0.6) is 0 Å². The van der Waals surface area contributed by atoms with E-state index in [9.17, 15) is 4.79 Å². The summed E-state index contributed by atoms with van der Waals surface area (Å²) in [6, 6.07) is 14.1. The summed E-state index contributed by atoms with van der Waals surface area (Å²) in [5, 5.41) is 5.33. The number of nitrogens with one attached hydrogen (secondary N) is 1. The molecule has 1 amide bonds. The number of benzene rings is 2. The molecule has 0 spiro atoms. The van der Waals surface area contributed by atoms with E-state index < -0.39 is 0 Å². The van der Waals surface area contributed by atoms with Crippen LogP contribution in [-0.4, -0.2) is 25.7 Å². The van der Waals surface area contributed by atoms with E-state index in [-0.39, 0.29) is 24.4 Å². The lowest BCUT2D eigenvalue weighted by Gasteiger charge is -2.18. The van der Waals surface area contributed by atoms with E-state index in [0.717, 1.165) is 10.9 Å². The van der Waals surface area contributed by atoms with E-state index in [1.165, 1.54) is 5.39 Å². The Hall–Kier alpha value is -1.88. The highest BCUT2D eigenvalue weighted by atomic mass is 35.5. The predicted octanol–water partition coefficient (Wildman–Crippen LogP) is 3.36. The third-order valence-electron chi connectivity index (χ3n) is 3.68. The SMILES string of the molecule is C=CCOCCCC(=O)NC(CN)c1ccc2ccccc2c1.Cl. The lowest BCUT2D eigenvalue weighted by Crippen LogP contribution is -2.33. The van der Waals surface area contributed by atoms with Crippen LogP contribution in [0.25, 0.3) is 10.8 Å². The Labute approximate surface area is 149 Å². The van der Waals surface area contributed by atoms with Gasteiger partial charge in [0, 0.05) is 19.6 Å². The van der Waals surface area contributed by atoms with Gasteiger partial charge >= 0.3 is 0 Å². The fraction of sp³-hybridized carbons (Fsp3) is 0.316. The summed E-state index contributed by atoms with van der Waals surface area (Å²) < 4.78 is 5.27. The number of ether oxygens (including phenoxy) is 1. The van der Waals surface area contributed by atoms with Crippen molar-refractivity contribution in [3.8, 4) is 0 Å². The second-order valence-electron chi connectivity index (χ2n) is 5.43. The number of rotatable bonds is 9. The van der Waals surface area contributed by atoms with Crippen molar-refractivity contribution >= 4 is 29.1 Å². The van der Waals surface area contributed by atoms with Gasteiger partial charge in [0.1, 0.15) is 0 Å². The molecule has 0 heterocycles. The summed E-state index contributed by atoms with van der Waals surface area (Å²) >= 11 is 0. The van der Waals surface area contributed by atoms with Crippen LogP contribution in [0.3, 0.4) is 0 Å².